The highest BCUT2D eigenvalue weighted by atomic mass is 16.5. The molecule has 4 heteroatoms. The Morgan fingerprint density at radius 1 is 1.08 bits per heavy atom. The third-order valence-electron chi connectivity index (χ3n) is 5.05. The van der Waals surface area contributed by atoms with Gasteiger partial charge in [-0.2, -0.15) is 0 Å². The summed E-state index contributed by atoms with van der Waals surface area (Å²) in [5.74, 6) is 0.996. The van der Waals surface area contributed by atoms with Gasteiger partial charge >= 0.3 is 0 Å². The van der Waals surface area contributed by atoms with Crippen molar-refractivity contribution in [3.63, 3.8) is 0 Å². The zero-order chi connectivity index (χ0) is 16.9. The summed E-state index contributed by atoms with van der Waals surface area (Å²) >= 11 is 0. The van der Waals surface area contributed by atoms with Gasteiger partial charge in [0.2, 0.25) is 0 Å². The third kappa shape index (κ3) is 4.27. The number of fused-ring (bicyclic) bond motifs is 1. The number of benzene rings is 1. The van der Waals surface area contributed by atoms with Gasteiger partial charge in [0.15, 0.2) is 0 Å². The molecule has 2 aromatic rings. The zero-order valence-electron chi connectivity index (χ0n) is 14.5. The highest BCUT2D eigenvalue weighted by molar-refractivity contribution is 5.62. The number of para-hydroxylation sites is 1. The largest absolute Gasteiger partial charge is 0.489 e. The Labute approximate surface area is 149 Å². The molecule has 0 saturated carbocycles. The van der Waals surface area contributed by atoms with E-state index in [1.807, 2.05) is 24.5 Å². The van der Waals surface area contributed by atoms with Crippen molar-refractivity contribution in [1.29, 1.82) is 0 Å². The average Bonchev–Trinajstić information content (AvgIpc) is 2.68. The Morgan fingerprint density at radius 2 is 1.88 bits per heavy atom. The summed E-state index contributed by atoms with van der Waals surface area (Å²) in [4.78, 5) is 6.62. The predicted octanol–water partition coefficient (Wildman–Crippen LogP) is 3.11. The first-order chi connectivity index (χ1) is 12.4. The summed E-state index contributed by atoms with van der Waals surface area (Å²) in [6, 6.07) is 13.1. The lowest BCUT2D eigenvalue weighted by Crippen LogP contribution is -2.43. The van der Waals surface area contributed by atoms with Gasteiger partial charge in [0, 0.05) is 37.1 Å². The van der Waals surface area contributed by atoms with Crippen molar-refractivity contribution >= 4 is 6.08 Å². The highest BCUT2D eigenvalue weighted by Gasteiger charge is 2.19. The molecule has 4 rings (SSSR count). The molecule has 1 N–H and O–H groups in total. The summed E-state index contributed by atoms with van der Waals surface area (Å²) in [5, 5.41) is 3.72. The lowest BCUT2D eigenvalue weighted by Gasteiger charge is -2.33. The Hall–Kier alpha value is -2.17. The van der Waals surface area contributed by atoms with Gasteiger partial charge in [-0.05, 0) is 61.3 Å². The number of ether oxygens (including phenoxy) is 1. The molecule has 0 atom stereocenters. The van der Waals surface area contributed by atoms with Crippen LogP contribution in [0.2, 0.25) is 0 Å². The van der Waals surface area contributed by atoms with Crippen LogP contribution in [0, 0.1) is 0 Å². The number of piperidine rings is 1. The van der Waals surface area contributed by atoms with Crippen LogP contribution in [0.15, 0.2) is 54.4 Å². The van der Waals surface area contributed by atoms with Crippen LogP contribution in [-0.2, 0) is 6.54 Å². The molecule has 1 aromatic heterocycles. The van der Waals surface area contributed by atoms with E-state index in [1.54, 1.807) is 0 Å². The number of nitrogens with zero attached hydrogens (tertiary/aromatic N) is 2. The van der Waals surface area contributed by atoms with Crippen LogP contribution in [0.5, 0.6) is 5.75 Å². The topological polar surface area (TPSA) is 37.4 Å². The van der Waals surface area contributed by atoms with E-state index in [1.165, 1.54) is 29.5 Å². The van der Waals surface area contributed by atoms with Crippen molar-refractivity contribution in [3.8, 4) is 5.75 Å². The van der Waals surface area contributed by atoms with Gasteiger partial charge in [-0.15, -0.1) is 0 Å². The molecule has 0 unspecified atom stereocenters. The number of hydrogen-bond acceptors (Lipinski definition) is 4. The molecule has 0 bridgehead atoms. The van der Waals surface area contributed by atoms with Crippen LogP contribution in [0.1, 0.15) is 24.0 Å². The first kappa shape index (κ1) is 16.3. The number of rotatable bonds is 5. The standard InChI is InChI=1S/C21H25N3O/c1-2-4-21-19(3-1)13-18(16-25-21)14-23-20-7-11-24(12-8-20)15-17-5-9-22-10-6-17/h1-6,9-10,13,20,23H,7-8,11-12,14-16H2. The van der Waals surface area contributed by atoms with Crippen molar-refractivity contribution in [3.05, 3.63) is 65.5 Å². The minimum atomic E-state index is 0.603. The first-order valence-electron chi connectivity index (χ1n) is 9.13. The van der Waals surface area contributed by atoms with E-state index in [-0.39, 0.29) is 0 Å². The van der Waals surface area contributed by atoms with Crippen LogP contribution in [0.3, 0.4) is 0 Å². The maximum absolute atomic E-state index is 5.84. The molecule has 0 radical (unpaired) electrons. The summed E-state index contributed by atoms with van der Waals surface area (Å²) in [6.07, 6.45) is 8.43. The molecular formula is C21H25N3O. The SMILES string of the molecule is C1=C(CNC2CCN(Cc3ccncc3)CC2)COc2ccccc21. The van der Waals surface area contributed by atoms with Gasteiger partial charge in [-0.25, -0.2) is 0 Å². The number of likely N-dealkylation sites (tertiary alicyclic amines) is 1. The van der Waals surface area contributed by atoms with Crippen LogP contribution in [0.25, 0.3) is 6.08 Å². The normalized spacial score (nSPS) is 18.3. The van der Waals surface area contributed by atoms with Crippen LogP contribution in [-0.4, -0.2) is 42.2 Å². The maximum atomic E-state index is 5.84. The average molecular weight is 335 g/mol. The van der Waals surface area contributed by atoms with Gasteiger partial charge in [-0.3, -0.25) is 9.88 Å². The number of aromatic nitrogens is 1. The molecule has 4 nitrogen and oxygen atoms in total. The Balaban J connectivity index is 1.24. The second-order valence-electron chi connectivity index (χ2n) is 6.92. The molecule has 0 aliphatic carbocycles. The zero-order valence-corrected chi connectivity index (χ0v) is 14.5. The van der Waals surface area contributed by atoms with Crippen molar-refractivity contribution in [2.45, 2.75) is 25.4 Å². The predicted molar refractivity (Wildman–Crippen MR) is 100 cm³/mol. The Morgan fingerprint density at radius 3 is 2.72 bits per heavy atom. The van der Waals surface area contributed by atoms with E-state index < -0.39 is 0 Å². The first-order valence-corrected chi connectivity index (χ1v) is 9.13. The molecule has 130 valence electrons. The number of pyridine rings is 1. The van der Waals surface area contributed by atoms with E-state index >= 15 is 0 Å². The lowest BCUT2D eigenvalue weighted by atomic mass is 10.0. The van der Waals surface area contributed by atoms with Gasteiger partial charge < -0.3 is 10.1 Å². The van der Waals surface area contributed by atoms with Crippen LogP contribution in [0.4, 0.5) is 0 Å². The molecule has 1 aromatic carbocycles. The van der Waals surface area contributed by atoms with Crippen molar-refractivity contribution in [1.82, 2.24) is 15.2 Å². The second kappa shape index (κ2) is 7.81. The van der Waals surface area contributed by atoms with Crippen LogP contribution >= 0.6 is 0 Å². The minimum absolute atomic E-state index is 0.603. The maximum Gasteiger partial charge on any atom is 0.127 e. The molecule has 2 aliphatic heterocycles. The van der Waals surface area contributed by atoms with Gasteiger partial charge in [0.05, 0.1) is 0 Å². The molecule has 1 fully saturated rings. The fraction of sp³-hybridized carbons (Fsp3) is 0.381. The van der Waals surface area contributed by atoms with Gasteiger partial charge in [-0.1, -0.05) is 18.2 Å². The third-order valence-corrected chi connectivity index (χ3v) is 5.05. The molecule has 0 spiro atoms. The summed E-state index contributed by atoms with van der Waals surface area (Å²) in [7, 11) is 0. The fourth-order valence-electron chi connectivity index (χ4n) is 3.58. The fourth-order valence-corrected chi connectivity index (χ4v) is 3.58. The van der Waals surface area contributed by atoms with Crippen molar-refractivity contribution < 1.29 is 4.74 Å². The van der Waals surface area contributed by atoms with Crippen molar-refractivity contribution in [2.24, 2.45) is 0 Å². The van der Waals surface area contributed by atoms with Crippen LogP contribution < -0.4 is 10.1 Å². The quantitative estimate of drug-likeness (QED) is 0.911. The smallest absolute Gasteiger partial charge is 0.127 e. The molecule has 3 heterocycles. The molecule has 2 aliphatic rings. The summed E-state index contributed by atoms with van der Waals surface area (Å²) in [5.41, 5.74) is 3.88. The molecular weight excluding hydrogens is 310 g/mol. The van der Waals surface area contributed by atoms with Crippen molar-refractivity contribution in [2.75, 3.05) is 26.2 Å². The van der Waals surface area contributed by atoms with E-state index in [0.29, 0.717) is 12.6 Å². The Kier molecular flexibility index (Phi) is 5.09. The highest BCUT2D eigenvalue weighted by Crippen LogP contribution is 2.25. The molecule has 1 saturated heterocycles. The lowest BCUT2D eigenvalue weighted by molar-refractivity contribution is 0.191. The monoisotopic (exact) mass is 335 g/mol. The summed E-state index contributed by atoms with van der Waals surface area (Å²) < 4.78 is 5.84. The summed E-state index contributed by atoms with van der Waals surface area (Å²) in [6.45, 7) is 4.95. The van der Waals surface area contributed by atoms with E-state index in [9.17, 15) is 0 Å². The van der Waals surface area contributed by atoms with Gasteiger partial charge in [0.25, 0.3) is 0 Å². The second-order valence-corrected chi connectivity index (χ2v) is 6.92. The molecule has 0 amide bonds. The van der Waals surface area contributed by atoms with E-state index in [2.05, 4.69) is 45.5 Å². The van der Waals surface area contributed by atoms with E-state index in [4.69, 9.17) is 4.74 Å². The minimum Gasteiger partial charge on any atom is -0.489 e. The number of nitrogens with one attached hydrogen (secondary N) is 1. The van der Waals surface area contributed by atoms with Gasteiger partial charge in [0.1, 0.15) is 12.4 Å². The Bertz CT molecular complexity index is 721. The number of hydrogen-bond donors (Lipinski definition) is 1. The van der Waals surface area contributed by atoms with E-state index in [0.717, 1.165) is 31.9 Å². The molecule has 25 heavy (non-hydrogen) atoms.